The second-order valence-electron chi connectivity index (χ2n) is 5.47. The summed E-state index contributed by atoms with van der Waals surface area (Å²) in [5, 5.41) is 19.8. The maximum absolute atomic E-state index is 10.9. The summed E-state index contributed by atoms with van der Waals surface area (Å²) in [7, 11) is 0. The topological polar surface area (TPSA) is 58.9 Å². The largest absolute Gasteiger partial charge is 0.392 e. The smallest absolute Gasteiger partial charge is 0.211 e. The fraction of sp³-hybridized carbons (Fsp3) is 0.529. The van der Waals surface area contributed by atoms with Gasteiger partial charge in [0.2, 0.25) is 5.79 Å². The third kappa shape index (κ3) is 2.70. The molecule has 1 atom stereocenters. The number of aliphatic hydroxyl groups is 2. The standard InChI is InChI=1S/C17H22O4/c1-12(6-8-18)5-7-16(19)13(2)11-17(15(4)14(16)3)20-9-10-21-17/h6,11,18-19H,8-10H2,1-4H3. The summed E-state index contributed by atoms with van der Waals surface area (Å²) in [5.74, 6) is 4.96. The van der Waals surface area contributed by atoms with Crippen molar-refractivity contribution in [2.75, 3.05) is 19.8 Å². The van der Waals surface area contributed by atoms with Crippen LogP contribution in [0.15, 0.2) is 34.4 Å². The van der Waals surface area contributed by atoms with Crippen molar-refractivity contribution in [3.63, 3.8) is 0 Å². The Morgan fingerprint density at radius 1 is 1.29 bits per heavy atom. The molecule has 0 aromatic carbocycles. The number of rotatable bonds is 1. The zero-order valence-electron chi connectivity index (χ0n) is 13.0. The summed E-state index contributed by atoms with van der Waals surface area (Å²) in [6.45, 7) is 8.37. The first kappa shape index (κ1) is 16.0. The van der Waals surface area contributed by atoms with Crippen LogP contribution in [0.1, 0.15) is 27.7 Å². The highest BCUT2D eigenvalue weighted by Gasteiger charge is 2.46. The zero-order valence-corrected chi connectivity index (χ0v) is 13.0. The van der Waals surface area contributed by atoms with Crippen molar-refractivity contribution in [1.82, 2.24) is 0 Å². The Bertz CT molecular complexity index is 580. The van der Waals surface area contributed by atoms with Crippen LogP contribution in [-0.2, 0) is 9.47 Å². The van der Waals surface area contributed by atoms with E-state index in [1.807, 2.05) is 26.8 Å². The molecule has 114 valence electrons. The lowest BCUT2D eigenvalue weighted by Gasteiger charge is -2.38. The highest BCUT2D eigenvalue weighted by atomic mass is 16.7. The van der Waals surface area contributed by atoms with E-state index in [-0.39, 0.29) is 6.61 Å². The second-order valence-corrected chi connectivity index (χ2v) is 5.47. The van der Waals surface area contributed by atoms with Gasteiger partial charge >= 0.3 is 0 Å². The molecule has 0 saturated carbocycles. The highest BCUT2D eigenvalue weighted by Crippen LogP contribution is 2.42. The van der Waals surface area contributed by atoms with E-state index in [0.29, 0.717) is 18.8 Å². The molecule has 0 aromatic heterocycles. The van der Waals surface area contributed by atoms with Gasteiger partial charge in [0, 0.05) is 0 Å². The summed E-state index contributed by atoms with van der Waals surface area (Å²) in [4.78, 5) is 0. The molecule has 0 radical (unpaired) electrons. The molecule has 4 heteroatoms. The Morgan fingerprint density at radius 2 is 1.90 bits per heavy atom. The van der Waals surface area contributed by atoms with Crippen molar-refractivity contribution < 1.29 is 19.7 Å². The fourth-order valence-corrected chi connectivity index (χ4v) is 2.62. The van der Waals surface area contributed by atoms with Gasteiger partial charge in [0.25, 0.3) is 0 Å². The zero-order chi connectivity index (χ0) is 15.7. The van der Waals surface area contributed by atoms with Crippen LogP contribution in [0.4, 0.5) is 0 Å². The molecule has 1 aliphatic heterocycles. The Morgan fingerprint density at radius 3 is 2.48 bits per heavy atom. The predicted octanol–water partition coefficient (Wildman–Crippen LogP) is 1.70. The van der Waals surface area contributed by atoms with E-state index in [4.69, 9.17) is 14.6 Å². The minimum Gasteiger partial charge on any atom is -0.392 e. The van der Waals surface area contributed by atoms with Crippen LogP contribution in [-0.4, -0.2) is 41.4 Å². The molecule has 1 spiro atoms. The molecule has 21 heavy (non-hydrogen) atoms. The molecule has 4 nitrogen and oxygen atoms in total. The summed E-state index contributed by atoms with van der Waals surface area (Å²) < 4.78 is 11.5. The molecular formula is C17H22O4. The summed E-state index contributed by atoms with van der Waals surface area (Å²) in [5.41, 5.74) is 1.66. The lowest BCUT2D eigenvalue weighted by atomic mass is 9.77. The van der Waals surface area contributed by atoms with E-state index in [1.54, 1.807) is 13.0 Å². The van der Waals surface area contributed by atoms with E-state index in [1.165, 1.54) is 0 Å². The first-order valence-corrected chi connectivity index (χ1v) is 7.05. The van der Waals surface area contributed by atoms with E-state index < -0.39 is 11.4 Å². The van der Waals surface area contributed by atoms with Crippen LogP contribution in [0.3, 0.4) is 0 Å². The molecule has 2 aliphatic rings. The maximum Gasteiger partial charge on any atom is 0.211 e. The van der Waals surface area contributed by atoms with Crippen molar-refractivity contribution in [3.8, 4) is 11.8 Å². The van der Waals surface area contributed by atoms with Gasteiger partial charge in [-0.1, -0.05) is 11.8 Å². The van der Waals surface area contributed by atoms with Gasteiger partial charge in [0.05, 0.1) is 19.8 Å². The van der Waals surface area contributed by atoms with Gasteiger partial charge in [-0.2, -0.15) is 0 Å². The highest BCUT2D eigenvalue weighted by molar-refractivity contribution is 5.52. The third-order valence-electron chi connectivity index (χ3n) is 4.16. The first-order valence-electron chi connectivity index (χ1n) is 7.05. The normalized spacial score (nSPS) is 28.5. The van der Waals surface area contributed by atoms with Crippen LogP contribution in [0.25, 0.3) is 0 Å². The lowest BCUT2D eigenvalue weighted by molar-refractivity contribution is -0.0901. The quantitative estimate of drug-likeness (QED) is 0.570. The van der Waals surface area contributed by atoms with Crippen LogP contribution >= 0.6 is 0 Å². The van der Waals surface area contributed by atoms with Crippen molar-refractivity contribution in [1.29, 1.82) is 0 Å². The van der Waals surface area contributed by atoms with E-state index in [2.05, 4.69) is 11.8 Å². The van der Waals surface area contributed by atoms with Gasteiger partial charge in [0.1, 0.15) is 0 Å². The van der Waals surface area contributed by atoms with Crippen molar-refractivity contribution >= 4 is 0 Å². The summed E-state index contributed by atoms with van der Waals surface area (Å²) >= 11 is 0. The van der Waals surface area contributed by atoms with Crippen molar-refractivity contribution in [2.24, 2.45) is 0 Å². The molecule has 2 N–H and O–H groups in total. The number of hydrogen-bond acceptors (Lipinski definition) is 4. The molecule has 1 aliphatic carbocycles. The van der Waals surface area contributed by atoms with Crippen LogP contribution < -0.4 is 0 Å². The monoisotopic (exact) mass is 290 g/mol. The number of hydrogen-bond donors (Lipinski definition) is 2. The summed E-state index contributed by atoms with van der Waals surface area (Å²) in [6.07, 6.45) is 3.41. The first-order chi connectivity index (χ1) is 9.85. The van der Waals surface area contributed by atoms with E-state index in [0.717, 1.165) is 16.7 Å². The van der Waals surface area contributed by atoms with Crippen molar-refractivity contribution in [3.05, 3.63) is 34.4 Å². The Kier molecular flexibility index (Phi) is 4.40. The molecule has 2 rings (SSSR count). The minimum absolute atomic E-state index is 0.0631. The Hall–Kier alpha value is -1.38. The van der Waals surface area contributed by atoms with E-state index >= 15 is 0 Å². The number of ether oxygens (including phenoxy) is 2. The second kappa shape index (κ2) is 5.78. The molecule has 1 fully saturated rings. The predicted molar refractivity (Wildman–Crippen MR) is 80.3 cm³/mol. The molecule has 0 bridgehead atoms. The van der Waals surface area contributed by atoms with Gasteiger partial charge in [-0.3, -0.25) is 0 Å². The lowest BCUT2D eigenvalue weighted by Crippen LogP contribution is -2.42. The van der Waals surface area contributed by atoms with Gasteiger partial charge in [-0.05, 0) is 62.1 Å². The van der Waals surface area contributed by atoms with Crippen LogP contribution in [0.2, 0.25) is 0 Å². The Balaban J connectivity index is 2.44. The minimum atomic E-state index is -1.32. The average molecular weight is 290 g/mol. The molecule has 0 aromatic rings. The fourth-order valence-electron chi connectivity index (χ4n) is 2.62. The SMILES string of the molecule is CC(C#CC1(O)C(C)=CC2(OCCO2)C(C)=C1C)=CCO. The molecule has 0 amide bonds. The van der Waals surface area contributed by atoms with Gasteiger partial charge < -0.3 is 19.7 Å². The molecule has 1 unspecified atom stereocenters. The van der Waals surface area contributed by atoms with Crippen molar-refractivity contribution in [2.45, 2.75) is 39.1 Å². The van der Waals surface area contributed by atoms with Gasteiger partial charge in [-0.15, -0.1) is 0 Å². The summed E-state index contributed by atoms with van der Waals surface area (Å²) in [6, 6.07) is 0. The molecule has 1 heterocycles. The van der Waals surface area contributed by atoms with Crippen LogP contribution in [0, 0.1) is 11.8 Å². The average Bonchev–Trinajstić information content (AvgIpc) is 2.91. The Labute approximate surface area is 125 Å². The number of aliphatic hydroxyl groups excluding tert-OH is 1. The molecule has 1 saturated heterocycles. The maximum atomic E-state index is 10.9. The van der Waals surface area contributed by atoms with Gasteiger partial charge in [-0.25, -0.2) is 0 Å². The molecular weight excluding hydrogens is 268 g/mol. The van der Waals surface area contributed by atoms with Gasteiger partial charge in [0.15, 0.2) is 5.60 Å². The third-order valence-corrected chi connectivity index (χ3v) is 4.16. The van der Waals surface area contributed by atoms with Crippen LogP contribution in [0.5, 0.6) is 0 Å². The van der Waals surface area contributed by atoms with E-state index in [9.17, 15) is 5.11 Å². The number of allylic oxidation sites excluding steroid dienone is 1.